The standard InChI is InChI=1S/C14H17F2NO2S/c15-9-1-2-12(10(16)7-9)20-13-8-14(4-3-11(13)17)18-5-6-19-14/h1-2,7,11,13H,3-6,8,17H2. The van der Waals surface area contributed by atoms with Crippen molar-refractivity contribution >= 4 is 11.8 Å². The first-order valence-electron chi connectivity index (χ1n) is 6.73. The van der Waals surface area contributed by atoms with Gasteiger partial charge in [-0.1, -0.05) is 0 Å². The Hall–Kier alpha value is -0.690. The van der Waals surface area contributed by atoms with E-state index in [1.807, 2.05) is 0 Å². The molecule has 2 unspecified atom stereocenters. The van der Waals surface area contributed by atoms with E-state index in [9.17, 15) is 8.78 Å². The molecule has 0 radical (unpaired) electrons. The second-order valence-electron chi connectivity index (χ2n) is 5.25. The van der Waals surface area contributed by atoms with Gasteiger partial charge >= 0.3 is 0 Å². The predicted octanol–water partition coefficient (Wildman–Crippen LogP) is 2.68. The maximum Gasteiger partial charge on any atom is 0.169 e. The lowest BCUT2D eigenvalue weighted by Gasteiger charge is -2.39. The van der Waals surface area contributed by atoms with Crippen LogP contribution in [0.5, 0.6) is 0 Å². The quantitative estimate of drug-likeness (QED) is 0.912. The van der Waals surface area contributed by atoms with Gasteiger partial charge in [0.05, 0.1) is 13.2 Å². The van der Waals surface area contributed by atoms with Gasteiger partial charge in [-0.15, -0.1) is 11.8 Å². The van der Waals surface area contributed by atoms with E-state index in [0.717, 1.165) is 18.9 Å². The summed E-state index contributed by atoms with van der Waals surface area (Å²) in [5.41, 5.74) is 6.13. The van der Waals surface area contributed by atoms with Crippen molar-refractivity contribution in [1.29, 1.82) is 0 Å². The summed E-state index contributed by atoms with van der Waals surface area (Å²) < 4.78 is 38.1. The van der Waals surface area contributed by atoms with Gasteiger partial charge in [-0.2, -0.15) is 0 Å². The molecule has 2 atom stereocenters. The van der Waals surface area contributed by atoms with E-state index in [0.29, 0.717) is 24.5 Å². The molecular formula is C14H17F2NO2S. The van der Waals surface area contributed by atoms with Crippen molar-refractivity contribution in [2.75, 3.05) is 13.2 Å². The van der Waals surface area contributed by atoms with E-state index in [1.54, 1.807) is 0 Å². The molecule has 0 amide bonds. The Morgan fingerprint density at radius 3 is 2.70 bits per heavy atom. The Kier molecular flexibility index (Phi) is 3.99. The van der Waals surface area contributed by atoms with E-state index in [-0.39, 0.29) is 11.3 Å². The third kappa shape index (κ3) is 2.83. The van der Waals surface area contributed by atoms with Gasteiger partial charge in [0, 0.05) is 35.1 Å². The fraction of sp³-hybridized carbons (Fsp3) is 0.571. The highest BCUT2D eigenvalue weighted by Crippen LogP contribution is 2.42. The average Bonchev–Trinajstić information content (AvgIpc) is 2.86. The number of halogens is 2. The van der Waals surface area contributed by atoms with Crippen molar-refractivity contribution in [2.45, 2.75) is 41.2 Å². The van der Waals surface area contributed by atoms with Gasteiger partial charge in [0.2, 0.25) is 0 Å². The highest BCUT2D eigenvalue weighted by molar-refractivity contribution is 8.00. The first-order chi connectivity index (χ1) is 9.58. The van der Waals surface area contributed by atoms with Crippen molar-refractivity contribution in [3.8, 4) is 0 Å². The Morgan fingerprint density at radius 1 is 1.25 bits per heavy atom. The van der Waals surface area contributed by atoms with Crippen molar-refractivity contribution in [3.63, 3.8) is 0 Å². The van der Waals surface area contributed by atoms with Gasteiger partial charge in [-0.05, 0) is 18.6 Å². The largest absolute Gasteiger partial charge is 0.347 e. The Bertz CT molecular complexity index is 494. The fourth-order valence-corrected chi connectivity index (χ4v) is 4.05. The second-order valence-corrected chi connectivity index (χ2v) is 6.53. The molecule has 1 heterocycles. The van der Waals surface area contributed by atoms with E-state index in [1.165, 1.54) is 23.9 Å². The summed E-state index contributed by atoms with van der Waals surface area (Å²) in [4.78, 5) is 0.418. The van der Waals surface area contributed by atoms with Crippen molar-refractivity contribution in [2.24, 2.45) is 5.73 Å². The van der Waals surface area contributed by atoms with Crippen molar-refractivity contribution in [3.05, 3.63) is 29.8 Å². The maximum atomic E-state index is 13.7. The minimum atomic E-state index is -0.571. The molecule has 1 aliphatic heterocycles. The Balaban J connectivity index is 1.74. The molecule has 1 saturated carbocycles. The minimum Gasteiger partial charge on any atom is -0.347 e. The molecule has 0 aromatic heterocycles. The smallest absolute Gasteiger partial charge is 0.169 e. The van der Waals surface area contributed by atoms with Gasteiger partial charge in [-0.25, -0.2) is 8.78 Å². The van der Waals surface area contributed by atoms with Crippen LogP contribution in [-0.4, -0.2) is 30.3 Å². The molecule has 1 aromatic carbocycles. The van der Waals surface area contributed by atoms with E-state index < -0.39 is 17.4 Å². The maximum absolute atomic E-state index is 13.7. The molecule has 1 aliphatic carbocycles. The van der Waals surface area contributed by atoms with Crippen LogP contribution in [0.25, 0.3) is 0 Å². The van der Waals surface area contributed by atoms with E-state index in [4.69, 9.17) is 15.2 Å². The highest BCUT2D eigenvalue weighted by atomic mass is 32.2. The summed E-state index contributed by atoms with van der Waals surface area (Å²) >= 11 is 1.34. The van der Waals surface area contributed by atoms with Crippen LogP contribution < -0.4 is 5.73 Å². The van der Waals surface area contributed by atoms with E-state index >= 15 is 0 Å². The highest BCUT2D eigenvalue weighted by Gasteiger charge is 2.44. The normalized spacial score (nSPS) is 28.9. The molecule has 1 aromatic rings. The first-order valence-corrected chi connectivity index (χ1v) is 7.61. The lowest BCUT2D eigenvalue weighted by atomic mass is 9.90. The number of nitrogens with two attached hydrogens (primary N) is 1. The monoisotopic (exact) mass is 301 g/mol. The topological polar surface area (TPSA) is 44.5 Å². The molecule has 6 heteroatoms. The summed E-state index contributed by atoms with van der Waals surface area (Å²) in [6.45, 7) is 1.19. The molecule has 2 aliphatic rings. The number of rotatable bonds is 2. The summed E-state index contributed by atoms with van der Waals surface area (Å²) in [6.07, 6.45) is 2.19. The van der Waals surface area contributed by atoms with Crippen molar-refractivity contribution < 1.29 is 18.3 Å². The van der Waals surface area contributed by atoms with Crippen LogP contribution in [-0.2, 0) is 9.47 Å². The molecule has 3 rings (SSSR count). The lowest BCUT2D eigenvalue weighted by Crippen LogP contribution is -2.47. The lowest BCUT2D eigenvalue weighted by molar-refractivity contribution is -0.176. The third-order valence-electron chi connectivity index (χ3n) is 3.83. The summed E-state index contributed by atoms with van der Waals surface area (Å²) in [5, 5.41) is 0.00168. The van der Waals surface area contributed by atoms with Crippen LogP contribution in [0, 0.1) is 11.6 Å². The fourth-order valence-electron chi connectivity index (χ4n) is 2.75. The van der Waals surface area contributed by atoms with Gasteiger partial charge < -0.3 is 15.2 Å². The zero-order valence-corrected chi connectivity index (χ0v) is 11.8. The molecule has 3 nitrogen and oxygen atoms in total. The summed E-state index contributed by atoms with van der Waals surface area (Å²) in [6, 6.07) is 3.58. The zero-order valence-electron chi connectivity index (χ0n) is 11.0. The second kappa shape index (κ2) is 5.60. The van der Waals surface area contributed by atoms with E-state index in [2.05, 4.69) is 0 Å². The number of ether oxygens (including phenoxy) is 2. The predicted molar refractivity (Wildman–Crippen MR) is 72.5 cm³/mol. The molecule has 2 fully saturated rings. The molecule has 0 bridgehead atoms. The third-order valence-corrected chi connectivity index (χ3v) is 5.24. The van der Waals surface area contributed by atoms with Gasteiger partial charge in [0.25, 0.3) is 0 Å². The molecule has 1 saturated heterocycles. The first kappa shape index (κ1) is 14.3. The Morgan fingerprint density at radius 2 is 2.00 bits per heavy atom. The minimum absolute atomic E-state index is 0.00168. The average molecular weight is 301 g/mol. The molecule has 110 valence electrons. The number of thioether (sulfide) groups is 1. The molecule has 2 N–H and O–H groups in total. The summed E-state index contributed by atoms with van der Waals surface area (Å²) in [5.74, 6) is -1.67. The van der Waals surface area contributed by atoms with Crippen LogP contribution in [0.1, 0.15) is 19.3 Å². The van der Waals surface area contributed by atoms with Crippen molar-refractivity contribution in [1.82, 2.24) is 0 Å². The molecule has 1 spiro atoms. The van der Waals surface area contributed by atoms with Gasteiger partial charge in [-0.3, -0.25) is 0 Å². The van der Waals surface area contributed by atoms with Crippen LogP contribution in [0.4, 0.5) is 8.78 Å². The van der Waals surface area contributed by atoms with Crippen LogP contribution in [0.2, 0.25) is 0 Å². The number of benzene rings is 1. The van der Waals surface area contributed by atoms with Crippen LogP contribution in [0.15, 0.2) is 23.1 Å². The molecular weight excluding hydrogens is 284 g/mol. The van der Waals surface area contributed by atoms with Crippen LogP contribution in [0.3, 0.4) is 0 Å². The number of hydrogen-bond acceptors (Lipinski definition) is 4. The van der Waals surface area contributed by atoms with Crippen LogP contribution >= 0.6 is 11.8 Å². The SMILES string of the molecule is NC1CCC2(CC1Sc1ccc(F)cc1F)OCCO2. The van der Waals surface area contributed by atoms with Gasteiger partial charge in [0.1, 0.15) is 11.6 Å². The van der Waals surface area contributed by atoms with Gasteiger partial charge in [0.15, 0.2) is 5.79 Å². The Labute approximate surface area is 120 Å². The molecule has 20 heavy (non-hydrogen) atoms. The number of hydrogen-bond donors (Lipinski definition) is 1. The zero-order chi connectivity index (χ0) is 14.2. The summed E-state index contributed by atoms with van der Waals surface area (Å²) in [7, 11) is 0.